The van der Waals surface area contributed by atoms with Crippen LogP contribution in [0.4, 0.5) is 0 Å². The smallest absolute Gasteiger partial charge is 0.312 e. The number of hydrogen-bond donors (Lipinski definition) is 0. The van der Waals surface area contributed by atoms with Crippen molar-refractivity contribution in [2.75, 3.05) is 7.11 Å². The lowest BCUT2D eigenvalue weighted by atomic mass is 10.0. The van der Waals surface area contributed by atoms with Crippen molar-refractivity contribution in [1.82, 2.24) is 4.98 Å². The van der Waals surface area contributed by atoms with Crippen LogP contribution in [0.1, 0.15) is 36.9 Å². The number of carbonyl (C=O) groups excluding carboxylic acids is 1. The van der Waals surface area contributed by atoms with Crippen LogP contribution in [-0.4, -0.2) is 18.1 Å². The Balaban J connectivity index is 2.01. The largest absolute Gasteiger partial charge is 0.469 e. The zero-order valence-electron chi connectivity index (χ0n) is 9.78. The molecule has 0 amide bonds. The summed E-state index contributed by atoms with van der Waals surface area (Å²) in [7, 11) is 1.47. The molecule has 1 aromatic rings. The third kappa shape index (κ3) is 2.26. The van der Waals surface area contributed by atoms with E-state index >= 15 is 0 Å². The number of aromatic nitrogens is 1. The number of hydrogen-bond acceptors (Lipinski definition) is 4. The van der Waals surface area contributed by atoms with E-state index in [4.69, 9.17) is 4.74 Å². The Kier molecular flexibility index (Phi) is 3.28. The lowest BCUT2D eigenvalue weighted by molar-refractivity contribution is -0.147. The van der Waals surface area contributed by atoms with Crippen LogP contribution in [0.15, 0.2) is 5.38 Å². The first-order chi connectivity index (χ1) is 7.70. The van der Waals surface area contributed by atoms with E-state index in [1.807, 2.05) is 0 Å². The van der Waals surface area contributed by atoms with Crippen molar-refractivity contribution >= 4 is 17.3 Å². The Morgan fingerprint density at radius 1 is 1.62 bits per heavy atom. The molecule has 1 saturated carbocycles. The van der Waals surface area contributed by atoms with Gasteiger partial charge in [0.25, 0.3) is 0 Å². The summed E-state index contributed by atoms with van der Waals surface area (Å²) in [6, 6.07) is 0. The van der Waals surface area contributed by atoms with Crippen molar-refractivity contribution in [3.05, 3.63) is 16.1 Å². The fraction of sp³-hybridized carbons (Fsp3) is 0.667. The molecule has 0 spiro atoms. The number of aryl methyl sites for hydroxylation is 1. The van der Waals surface area contributed by atoms with E-state index in [1.54, 1.807) is 11.3 Å². The van der Waals surface area contributed by atoms with Gasteiger partial charge >= 0.3 is 5.97 Å². The Morgan fingerprint density at radius 3 is 2.94 bits per heavy atom. The number of esters is 1. The fourth-order valence-corrected chi connectivity index (χ4v) is 2.88. The summed E-state index contributed by atoms with van der Waals surface area (Å²) in [6.07, 6.45) is 4.80. The lowest BCUT2D eigenvalue weighted by Gasteiger charge is -2.09. The Hall–Kier alpha value is -0.900. The lowest BCUT2D eigenvalue weighted by Crippen LogP contribution is -2.19. The van der Waals surface area contributed by atoms with Crippen molar-refractivity contribution in [2.24, 2.45) is 5.41 Å². The second-order valence-corrected chi connectivity index (χ2v) is 5.37. The summed E-state index contributed by atoms with van der Waals surface area (Å²) in [5, 5.41) is 3.18. The molecule has 0 unspecified atom stereocenters. The standard InChI is InChI=1S/C12H17NO2S/c1-3-4-9-8-16-10(13-9)7-12(5-6-12)11(14)15-2/h8H,3-7H2,1-2H3. The molecule has 4 heteroatoms. The topological polar surface area (TPSA) is 39.2 Å². The van der Waals surface area contributed by atoms with E-state index in [-0.39, 0.29) is 11.4 Å². The quantitative estimate of drug-likeness (QED) is 0.741. The van der Waals surface area contributed by atoms with Gasteiger partial charge in [-0.15, -0.1) is 11.3 Å². The molecular formula is C12H17NO2S. The molecule has 1 heterocycles. The molecule has 3 nitrogen and oxygen atoms in total. The van der Waals surface area contributed by atoms with Gasteiger partial charge in [0, 0.05) is 11.8 Å². The minimum atomic E-state index is -0.240. The maximum Gasteiger partial charge on any atom is 0.312 e. The molecule has 1 aliphatic carbocycles. The SMILES string of the molecule is CCCc1csc(CC2(C(=O)OC)CC2)n1. The predicted molar refractivity (Wildman–Crippen MR) is 63.5 cm³/mol. The first-order valence-corrected chi connectivity index (χ1v) is 6.60. The van der Waals surface area contributed by atoms with Crippen LogP contribution >= 0.6 is 11.3 Å². The average molecular weight is 239 g/mol. The van der Waals surface area contributed by atoms with Crippen molar-refractivity contribution < 1.29 is 9.53 Å². The zero-order valence-corrected chi connectivity index (χ0v) is 10.6. The van der Waals surface area contributed by atoms with E-state index < -0.39 is 0 Å². The van der Waals surface area contributed by atoms with E-state index in [2.05, 4.69) is 17.3 Å². The highest BCUT2D eigenvalue weighted by atomic mass is 32.1. The molecule has 88 valence electrons. The summed E-state index contributed by atoms with van der Waals surface area (Å²) < 4.78 is 4.84. The zero-order chi connectivity index (χ0) is 11.6. The number of ether oxygens (including phenoxy) is 1. The van der Waals surface area contributed by atoms with E-state index in [0.29, 0.717) is 0 Å². The number of rotatable bonds is 5. The third-order valence-electron chi connectivity index (χ3n) is 3.07. The average Bonchev–Trinajstić information content (AvgIpc) is 2.93. The second kappa shape index (κ2) is 4.53. The van der Waals surface area contributed by atoms with E-state index in [9.17, 15) is 4.79 Å². The van der Waals surface area contributed by atoms with Gasteiger partial charge in [-0.3, -0.25) is 4.79 Å². The van der Waals surface area contributed by atoms with E-state index in [1.165, 1.54) is 7.11 Å². The van der Waals surface area contributed by atoms with E-state index in [0.717, 1.165) is 42.8 Å². The molecule has 0 atom stereocenters. The third-order valence-corrected chi connectivity index (χ3v) is 3.96. The van der Waals surface area contributed by atoms with Crippen LogP contribution in [0, 0.1) is 5.41 Å². The minimum Gasteiger partial charge on any atom is -0.469 e. The molecule has 0 aromatic carbocycles. The van der Waals surface area contributed by atoms with Gasteiger partial charge in [0.15, 0.2) is 0 Å². The first-order valence-electron chi connectivity index (χ1n) is 5.72. The first kappa shape index (κ1) is 11.6. The number of carbonyl (C=O) groups is 1. The Labute approximate surface area is 99.8 Å². The minimum absolute atomic E-state index is 0.0697. The predicted octanol–water partition coefficient (Wildman–Crippen LogP) is 2.59. The molecule has 2 rings (SSSR count). The van der Waals surface area contributed by atoms with Gasteiger partial charge < -0.3 is 4.74 Å². The van der Waals surface area contributed by atoms with Gasteiger partial charge in [-0.2, -0.15) is 0 Å². The van der Waals surface area contributed by atoms with Crippen molar-refractivity contribution in [1.29, 1.82) is 0 Å². The van der Waals surface area contributed by atoms with Gasteiger partial charge in [0.05, 0.1) is 23.2 Å². The molecule has 1 fully saturated rings. The molecule has 1 aromatic heterocycles. The van der Waals surface area contributed by atoms with Gasteiger partial charge in [-0.1, -0.05) is 13.3 Å². The van der Waals surface area contributed by atoms with Gasteiger partial charge in [-0.05, 0) is 19.3 Å². The molecule has 0 N–H and O–H groups in total. The summed E-state index contributed by atoms with van der Waals surface area (Å²) in [6.45, 7) is 2.15. The van der Waals surface area contributed by atoms with Crippen LogP contribution in [0.5, 0.6) is 0 Å². The summed E-state index contributed by atoms with van der Waals surface area (Å²) >= 11 is 1.67. The second-order valence-electron chi connectivity index (χ2n) is 4.43. The Morgan fingerprint density at radius 2 is 2.38 bits per heavy atom. The van der Waals surface area contributed by atoms with Gasteiger partial charge in [-0.25, -0.2) is 4.98 Å². The van der Waals surface area contributed by atoms with Crippen LogP contribution in [-0.2, 0) is 22.4 Å². The summed E-state index contributed by atoms with van der Waals surface area (Å²) in [5.74, 6) is -0.0697. The maximum absolute atomic E-state index is 11.6. The number of thiazole rings is 1. The number of methoxy groups -OCH3 is 1. The highest BCUT2D eigenvalue weighted by molar-refractivity contribution is 7.09. The molecule has 1 aliphatic rings. The van der Waals surface area contributed by atoms with Crippen molar-refractivity contribution in [3.63, 3.8) is 0 Å². The number of nitrogens with zero attached hydrogens (tertiary/aromatic N) is 1. The fourth-order valence-electron chi connectivity index (χ4n) is 1.91. The maximum atomic E-state index is 11.6. The Bertz CT molecular complexity index is 382. The molecule has 0 aliphatic heterocycles. The van der Waals surface area contributed by atoms with Crippen molar-refractivity contribution in [2.45, 2.75) is 39.0 Å². The van der Waals surface area contributed by atoms with Crippen molar-refractivity contribution in [3.8, 4) is 0 Å². The van der Waals surface area contributed by atoms with Gasteiger partial charge in [0.1, 0.15) is 0 Å². The van der Waals surface area contributed by atoms with Crippen LogP contribution in [0.2, 0.25) is 0 Å². The normalized spacial score (nSPS) is 17.1. The monoisotopic (exact) mass is 239 g/mol. The summed E-state index contributed by atoms with van der Waals surface area (Å²) in [4.78, 5) is 16.1. The molecule has 0 saturated heterocycles. The molecule has 0 radical (unpaired) electrons. The van der Waals surface area contributed by atoms with Gasteiger partial charge in [0.2, 0.25) is 0 Å². The van der Waals surface area contributed by atoms with Crippen LogP contribution < -0.4 is 0 Å². The summed E-state index contributed by atoms with van der Waals surface area (Å²) in [5.41, 5.74) is 0.916. The van der Waals surface area contributed by atoms with Crippen LogP contribution in [0.3, 0.4) is 0 Å². The highest BCUT2D eigenvalue weighted by Crippen LogP contribution is 2.49. The highest BCUT2D eigenvalue weighted by Gasteiger charge is 2.51. The molecular weight excluding hydrogens is 222 g/mol. The molecule has 16 heavy (non-hydrogen) atoms. The van der Waals surface area contributed by atoms with Crippen LogP contribution in [0.25, 0.3) is 0 Å². The molecule has 0 bridgehead atoms.